The van der Waals surface area contributed by atoms with Crippen LogP contribution in [-0.4, -0.2) is 31.6 Å². The van der Waals surface area contributed by atoms with Crippen molar-refractivity contribution in [2.45, 2.75) is 38.6 Å². The van der Waals surface area contributed by atoms with Crippen molar-refractivity contribution in [3.05, 3.63) is 35.4 Å². The fourth-order valence-corrected chi connectivity index (χ4v) is 2.74. The summed E-state index contributed by atoms with van der Waals surface area (Å²) in [5.41, 5.74) is 3.10. The number of unbranched alkanes of at least 4 members (excludes halogenated alkanes) is 3. The monoisotopic (exact) mass is 246 g/mol. The van der Waals surface area contributed by atoms with Gasteiger partial charge in [0, 0.05) is 13.1 Å². The van der Waals surface area contributed by atoms with Crippen LogP contribution in [0.15, 0.2) is 24.3 Å². The minimum atomic E-state index is 1.16. The van der Waals surface area contributed by atoms with Crippen LogP contribution < -0.4 is 5.32 Å². The summed E-state index contributed by atoms with van der Waals surface area (Å²) in [7, 11) is 2.03. The Morgan fingerprint density at radius 2 is 1.83 bits per heavy atom. The Morgan fingerprint density at radius 3 is 2.67 bits per heavy atom. The molecule has 0 spiro atoms. The summed E-state index contributed by atoms with van der Waals surface area (Å²) in [6.45, 7) is 4.84. The van der Waals surface area contributed by atoms with Crippen molar-refractivity contribution >= 4 is 0 Å². The number of benzene rings is 1. The summed E-state index contributed by atoms with van der Waals surface area (Å²) in [5, 5.41) is 3.21. The van der Waals surface area contributed by atoms with Crippen LogP contribution >= 0.6 is 0 Å². The summed E-state index contributed by atoms with van der Waals surface area (Å²) in [5.74, 6) is 0. The molecule has 1 heterocycles. The number of rotatable bonds is 7. The number of hydrogen-bond donors (Lipinski definition) is 1. The molecule has 0 radical (unpaired) electrons. The lowest BCUT2D eigenvalue weighted by atomic mass is 10.00. The average molecular weight is 246 g/mol. The van der Waals surface area contributed by atoms with Gasteiger partial charge in [-0.25, -0.2) is 0 Å². The number of nitrogens with one attached hydrogen (secondary N) is 1. The van der Waals surface area contributed by atoms with E-state index in [2.05, 4.69) is 34.5 Å². The quantitative estimate of drug-likeness (QED) is 0.744. The first-order valence-electron chi connectivity index (χ1n) is 7.34. The molecular formula is C16H26N2. The lowest BCUT2D eigenvalue weighted by Crippen LogP contribution is -2.31. The van der Waals surface area contributed by atoms with Gasteiger partial charge in [0.05, 0.1) is 0 Å². The van der Waals surface area contributed by atoms with Gasteiger partial charge in [0.25, 0.3) is 0 Å². The highest BCUT2D eigenvalue weighted by Crippen LogP contribution is 2.18. The highest BCUT2D eigenvalue weighted by Gasteiger charge is 2.14. The molecule has 0 amide bonds. The second-order valence-corrected chi connectivity index (χ2v) is 5.31. The van der Waals surface area contributed by atoms with Gasteiger partial charge in [-0.15, -0.1) is 0 Å². The van der Waals surface area contributed by atoms with Crippen LogP contribution in [0.2, 0.25) is 0 Å². The summed E-state index contributed by atoms with van der Waals surface area (Å²) in [6.07, 6.45) is 6.65. The van der Waals surface area contributed by atoms with E-state index in [0.29, 0.717) is 0 Å². The highest BCUT2D eigenvalue weighted by atomic mass is 15.1. The number of fused-ring (bicyclic) bond motifs is 1. The maximum Gasteiger partial charge on any atom is 0.0236 e. The molecule has 18 heavy (non-hydrogen) atoms. The SMILES string of the molecule is CNCCCCCCN1CCc2ccccc2C1. The van der Waals surface area contributed by atoms with Gasteiger partial charge >= 0.3 is 0 Å². The fourth-order valence-electron chi connectivity index (χ4n) is 2.74. The molecule has 0 bridgehead atoms. The average Bonchev–Trinajstić information content (AvgIpc) is 2.42. The lowest BCUT2D eigenvalue weighted by molar-refractivity contribution is 0.248. The molecule has 0 fully saturated rings. The second-order valence-electron chi connectivity index (χ2n) is 5.31. The molecule has 0 aliphatic carbocycles. The first-order valence-corrected chi connectivity index (χ1v) is 7.34. The van der Waals surface area contributed by atoms with E-state index in [-0.39, 0.29) is 0 Å². The maximum absolute atomic E-state index is 3.21. The van der Waals surface area contributed by atoms with Gasteiger partial charge in [0.2, 0.25) is 0 Å². The molecule has 1 aliphatic heterocycles. The molecule has 0 unspecified atom stereocenters. The Balaban J connectivity index is 1.64. The molecule has 1 aromatic rings. The van der Waals surface area contributed by atoms with E-state index >= 15 is 0 Å². The van der Waals surface area contributed by atoms with E-state index < -0.39 is 0 Å². The van der Waals surface area contributed by atoms with Gasteiger partial charge in [-0.3, -0.25) is 4.90 Å². The summed E-state index contributed by atoms with van der Waals surface area (Å²) < 4.78 is 0. The van der Waals surface area contributed by atoms with Crippen LogP contribution in [0.1, 0.15) is 36.8 Å². The van der Waals surface area contributed by atoms with Crippen molar-refractivity contribution in [2.75, 3.05) is 26.7 Å². The van der Waals surface area contributed by atoms with E-state index in [1.54, 1.807) is 11.1 Å². The van der Waals surface area contributed by atoms with E-state index in [9.17, 15) is 0 Å². The molecule has 0 saturated heterocycles. The van der Waals surface area contributed by atoms with Crippen molar-refractivity contribution in [1.29, 1.82) is 0 Å². The molecule has 0 atom stereocenters. The van der Waals surface area contributed by atoms with Crippen LogP contribution in [0.5, 0.6) is 0 Å². The number of hydrogen-bond acceptors (Lipinski definition) is 2. The van der Waals surface area contributed by atoms with Gasteiger partial charge in [-0.1, -0.05) is 37.1 Å². The van der Waals surface area contributed by atoms with Gasteiger partial charge in [0.15, 0.2) is 0 Å². The molecule has 2 rings (SSSR count). The second kappa shape index (κ2) is 7.55. The molecule has 0 saturated carbocycles. The van der Waals surface area contributed by atoms with Crippen LogP contribution in [-0.2, 0) is 13.0 Å². The van der Waals surface area contributed by atoms with Gasteiger partial charge < -0.3 is 5.32 Å². The van der Waals surface area contributed by atoms with Gasteiger partial charge in [-0.2, -0.15) is 0 Å². The molecule has 100 valence electrons. The van der Waals surface area contributed by atoms with Crippen molar-refractivity contribution < 1.29 is 0 Å². The Labute approximate surface area is 111 Å². The van der Waals surface area contributed by atoms with Crippen molar-refractivity contribution in [3.8, 4) is 0 Å². The predicted octanol–water partition coefficient (Wildman–Crippen LogP) is 2.82. The molecule has 1 aliphatic rings. The molecule has 1 N–H and O–H groups in total. The van der Waals surface area contributed by atoms with E-state index in [0.717, 1.165) is 13.1 Å². The van der Waals surface area contributed by atoms with Crippen molar-refractivity contribution in [3.63, 3.8) is 0 Å². The van der Waals surface area contributed by atoms with Crippen LogP contribution in [0.4, 0.5) is 0 Å². The Bertz CT molecular complexity index is 349. The third-order valence-electron chi connectivity index (χ3n) is 3.86. The van der Waals surface area contributed by atoms with Crippen molar-refractivity contribution in [1.82, 2.24) is 10.2 Å². The normalized spacial score (nSPS) is 15.6. The Kier molecular flexibility index (Phi) is 5.69. The molecule has 0 aromatic heterocycles. The smallest absolute Gasteiger partial charge is 0.0236 e. The minimum absolute atomic E-state index is 1.16. The first kappa shape index (κ1) is 13.6. The molecular weight excluding hydrogens is 220 g/mol. The van der Waals surface area contributed by atoms with E-state index in [1.165, 1.54) is 45.2 Å². The molecule has 2 nitrogen and oxygen atoms in total. The largest absolute Gasteiger partial charge is 0.320 e. The highest BCUT2D eigenvalue weighted by molar-refractivity contribution is 5.28. The third kappa shape index (κ3) is 4.11. The van der Waals surface area contributed by atoms with Crippen LogP contribution in [0.25, 0.3) is 0 Å². The Hall–Kier alpha value is -0.860. The zero-order valence-corrected chi connectivity index (χ0v) is 11.6. The topological polar surface area (TPSA) is 15.3 Å². The fraction of sp³-hybridized carbons (Fsp3) is 0.625. The van der Waals surface area contributed by atoms with Crippen LogP contribution in [0.3, 0.4) is 0 Å². The third-order valence-corrected chi connectivity index (χ3v) is 3.86. The van der Waals surface area contributed by atoms with Crippen LogP contribution in [0, 0.1) is 0 Å². The first-order chi connectivity index (χ1) is 8.90. The Morgan fingerprint density at radius 1 is 1.06 bits per heavy atom. The minimum Gasteiger partial charge on any atom is -0.320 e. The zero-order chi connectivity index (χ0) is 12.6. The summed E-state index contributed by atoms with van der Waals surface area (Å²) in [4.78, 5) is 2.61. The molecule has 1 aromatic carbocycles. The lowest BCUT2D eigenvalue weighted by Gasteiger charge is -2.28. The number of nitrogens with zero attached hydrogens (tertiary/aromatic N) is 1. The predicted molar refractivity (Wildman–Crippen MR) is 77.8 cm³/mol. The standard InChI is InChI=1S/C16H26N2/c1-17-11-6-2-3-7-12-18-13-10-15-8-4-5-9-16(15)14-18/h4-5,8-9,17H,2-3,6-7,10-14H2,1H3. The molecule has 2 heteroatoms. The summed E-state index contributed by atoms with van der Waals surface area (Å²) >= 11 is 0. The van der Waals surface area contributed by atoms with Crippen molar-refractivity contribution in [2.24, 2.45) is 0 Å². The van der Waals surface area contributed by atoms with E-state index in [1.807, 2.05) is 7.05 Å². The van der Waals surface area contributed by atoms with Gasteiger partial charge in [0.1, 0.15) is 0 Å². The van der Waals surface area contributed by atoms with E-state index in [4.69, 9.17) is 0 Å². The van der Waals surface area contributed by atoms with Gasteiger partial charge in [-0.05, 0) is 50.5 Å². The maximum atomic E-state index is 3.21. The zero-order valence-electron chi connectivity index (χ0n) is 11.6. The summed E-state index contributed by atoms with van der Waals surface area (Å²) in [6, 6.07) is 8.90.